The fraction of sp³-hybridized carbons (Fsp3) is 0.917. The minimum atomic E-state index is -1.67. The van der Waals surface area contributed by atoms with Crippen LogP contribution in [0.5, 0.6) is 0 Å². The Balaban J connectivity index is 0.944. The van der Waals surface area contributed by atoms with E-state index in [9.17, 15) is 61.3 Å². The van der Waals surface area contributed by atoms with Gasteiger partial charge in [0.2, 0.25) is 0 Å². The molecule has 24 unspecified atom stereocenters. The number of fused-ring (bicyclic) bond motifs is 5. The molecule has 3 aliphatic heterocycles. The quantitative estimate of drug-likeness (QED) is 0.100. The lowest BCUT2D eigenvalue weighted by Crippen LogP contribution is -2.65. The Bertz CT molecular complexity index is 1710. The molecule has 18 nitrogen and oxygen atoms in total. The normalized spacial score (nSPS) is 51.1. The number of aliphatic hydroxyl groups is 12. The summed E-state index contributed by atoms with van der Waals surface area (Å²) in [6.45, 7) is 14.1. The number of rotatable bonds is 14. The van der Waals surface area contributed by atoms with E-state index in [1.54, 1.807) is 0 Å². The van der Waals surface area contributed by atoms with Crippen LogP contribution >= 0.6 is 0 Å². The van der Waals surface area contributed by atoms with Crippen LogP contribution in [0.3, 0.4) is 0 Å². The van der Waals surface area contributed by atoms with E-state index >= 15 is 0 Å². The Hall–Kier alpha value is -1.24. The first-order chi connectivity index (χ1) is 31.0. The maximum absolute atomic E-state index is 12.5. The second kappa shape index (κ2) is 20.1. The molecule has 18 heteroatoms. The highest BCUT2D eigenvalue weighted by Crippen LogP contribution is 2.75. The SMILES string of the molecule is CC(=CCCC(C)C1CCC2(C)C3CC=C4C(CCC(OC5OC(CO)C(O)C(O)C5O)C4(C)C)C3(C)C(O)CC12C)COC1OC(COC2OC(CO)C(O)C(O)C2O)C(O)C(O)C1O. The Morgan fingerprint density at radius 2 is 1.24 bits per heavy atom. The van der Waals surface area contributed by atoms with Crippen LogP contribution in [0.4, 0.5) is 0 Å². The van der Waals surface area contributed by atoms with Crippen LogP contribution in [0.2, 0.25) is 0 Å². The minimum Gasteiger partial charge on any atom is -0.394 e. The van der Waals surface area contributed by atoms with Gasteiger partial charge in [-0.1, -0.05) is 64.8 Å². The highest BCUT2D eigenvalue weighted by Gasteiger charge is 2.70. The molecule has 7 aliphatic rings. The topological polar surface area (TPSA) is 298 Å². The van der Waals surface area contributed by atoms with Crippen molar-refractivity contribution < 1.29 is 89.7 Å². The fourth-order valence-electron chi connectivity index (χ4n) is 13.9. The molecule has 24 atom stereocenters. The molecule has 66 heavy (non-hydrogen) atoms. The van der Waals surface area contributed by atoms with Gasteiger partial charge in [-0.2, -0.15) is 0 Å². The molecule has 0 spiro atoms. The average Bonchev–Trinajstić information content (AvgIpc) is 3.55. The van der Waals surface area contributed by atoms with Gasteiger partial charge in [0, 0.05) is 10.8 Å². The molecule has 7 rings (SSSR count). The van der Waals surface area contributed by atoms with Crippen molar-refractivity contribution in [1.29, 1.82) is 0 Å². The van der Waals surface area contributed by atoms with Gasteiger partial charge in [0.1, 0.15) is 73.2 Å². The van der Waals surface area contributed by atoms with Crippen LogP contribution in [-0.2, 0) is 28.4 Å². The number of hydrogen-bond acceptors (Lipinski definition) is 18. The lowest BCUT2D eigenvalue weighted by molar-refractivity contribution is -0.330. The number of aliphatic hydroxyl groups excluding tert-OH is 12. The summed E-state index contributed by atoms with van der Waals surface area (Å²) in [5.41, 5.74) is 1.13. The minimum absolute atomic E-state index is 0.0218. The number of hydrogen-bond donors (Lipinski definition) is 12. The third-order valence-electron chi connectivity index (χ3n) is 18.3. The summed E-state index contributed by atoms with van der Waals surface area (Å²) in [4.78, 5) is 0. The number of ether oxygens (including phenoxy) is 6. The average molecular weight is 945 g/mol. The molecule has 6 fully saturated rings. The van der Waals surface area contributed by atoms with Gasteiger partial charge >= 0.3 is 0 Å². The third kappa shape index (κ3) is 9.04. The molecule has 0 bridgehead atoms. The van der Waals surface area contributed by atoms with Crippen LogP contribution in [0.25, 0.3) is 0 Å². The van der Waals surface area contributed by atoms with Gasteiger partial charge in [-0.05, 0) is 92.8 Å². The maximum Gasteiger partial charge on any atom is 0.187 e. The van der Waals surface area contributed by atoms with Crippen molar-refractivity contribution in [3.63, 3.8) is 0 Å². The van der Waals surface area contributed by atoms with E-state index in [4.69, 9.17) is 28.4 Å². The highest BCUT2D eigenvalue weighted by molar-refractivity contribution is 5.32. The van der Waals surface area contributed by atoms with Gasteiger partial charge in [0.25, 0.3) is 0 Å². The van der Waals surface area contributed by atoms with Crippen LogP contribution < -0.4 is 0 Å². The predicted octanol–water partition coefficient (Wildman–Crippen LogP) is -0.249. The predicted molar refractivity (Wildman–Crippen MR) is 234 cm³/mol. The summed E-state index contributed by atoms with van der Waals surface area (Å²) >= 11 is 0. The van der Waals surface area contributed by atoms with E-state index in [0.717, 1.165) is 44.1 Å². The summed E-state index contributed by atoms with van der Waals surface area (Å²) in [6.07, 6.45) is -11.3. The van der Waals surface area contributed by atoms with Crippen molar-refractivity contribution in [1.82, 2.24) is 0 Å². The summed E-state index contributed by atoms with van der Waals surface area (Å²) in [6, 6.07) is 0. The first-order valence-electron chi connectivity index (χ1n) is 24.2. The Morgan fingerprint density at radius 3 is 1.85 bits per heavy atom. The zero-order chi connectivity index (χ0) is 48.4. The smallest absolute Gasteiger partial charge is 0.187 e. The molecule has 0 aromatic carbocycles. The van der Waals surface area contributed by atoms with Crippen molar-refractivity contribution in [3.05, 3.63) is 23.3 Å². The van der Waals surface area contributed by atoms with E-state index in [2.05, 4.69) is 53.7 Å². The largest absolute Gasteiger partial charge is 0.394 e. The van der Waals surface area contributed by atoms with Crippen molar-refractivity contribution in [2.45, 2.75) is 204 Å². The molecular formula is C48H80O18. The molecule has 3 saturated heterocycles. The van der Waals surface area contributed by atoms with Crippen LogP contribution in [0, 0.1) is 45.3 Å². The Kier molecular flexibility index (Phi) is 16.0. The van der Waals surface area contributed by atoms with Gasteiger partial charge in [-0.3, -0.25) is 0 Å². The first kappa shape index (κ1) is 52.6. The van der Waals surface area contributed by atoms with E-state index in [-0.39, 0.29) is 40.8 Å². The monoisotopic (exact) mass is 945 g/mol. The molecule has 3 heterocycles. The van der Waals surface area contributed by atoms with E-state index in [1.165, 1.54) is 5.57 Å². The fourth-order valence-corrected chi connectivity index (χ4v) is 13.9. The zero-order valence-corrected chi connectivity index (χ0v) is 39.6. The van der Waals surface area contributed by atoms with Crippen LogP contribution in [-0.4, -0.2) is 192 Å². The molecule has 0 aromatic heterocycles. The molecule has 4 aliphatic carbocycles. The van der Waals surface area contributed by atoms with Gasteiger partial charge in [-0.15, -0.1) is 0 Å². The molecule has 380 valence electrons. The zero-order valence-electron chi connectivity index (χ0n) is 39.6. The third-order valence-corrected chi connectivity index (χ3v) is 18.3. The lowest BCUT2D eigenvalue weighted by Gasteiger charge is -2.67. The number of allylic oxidation sites excluding steroid dienone is 2. The van der Waals surface area contributed by atoms with Crippen molar-refractivity contribution >= 4 is 0 Å². The molecule has 0 aromatic rings. The Labute approximate surface area is 388 Å². The molecular weight excluding hydrogens is 865 g/mol. The molecule has 3 saturated carbocycles. The van der Waals surface area contributed by atoms with Crippen LogP contribution in [0.1, 0.15) is 99.8 Å². The highest BCUT2D eigenvalue weighted by atomic mass is 16.7. The van der Waals surface area contributed by atoms with Gasteiger partial charge < -0.3 is 89.7 Å². The van der Waals surface area contributed by atoms with Gasteiger partial charge in [-0.25, -0.2) is 0 Å². The summed E-state index contributed by atoms with van der Waals surface area (Å²) in [5.74, 6) is 1.11. The van der Waals surface area contributed by atoms with Crippen LogP contribution in [0.15, 0.2) is 23.3 Å². The lowest BCUT2D eigenvalue weighted by atomic mass is 9.38. The van der Waals surface area contributed by atoms with Crippen molar-refractivity contribution in [2.75, 3.05) is 26.4 Å². The van der Waals surface area contributed by atoms with E-state index in [1.807, 2.05) is 6.92 Å². The van der Waals surface area contributed by atoms with Gasteiger partial charge in [0.05, 0.1) is 38.6 Å². The second-order valence-electron chi connectivity index (χ2n) is 22.1. The first-order valence-corrected chi connectivity index (χ1v) is 24.2. The van der Waals surface area contributed by atoms with E-state index < -0.39 is 123 Å². The van der Waals surface area contributed by atoms with E-state index in [0.29, 0.717) is 24.7 Å². The second-order valence-corrected chi connectivity index (χ2v) is 22.1. The summed E-state index contributed by atoms with van der Waals surface area (Å²) < 4.78 is 34.7. The molecule has 0 amide bonds. The molecule has 12 N–H and O–H groups in total. The van der Waals surface area contributed by atoms with Crippen molar-refractivity contribution in [3.8, 4) is 0 Å². The Morgan fingerprint density at radius 1 is 0.697 bits per heavy atom. The summed E-state index contributed by atoms with van der Waals surface area (Å²) in [5, 5.41) is 126. The van der Waals surface area contributed by atoms with Gasteiger partial charge in [0.15, 0.2) is 18.9 Å². The summed E-state index contributed by atoms with van der Waals surface area (Å²) in [7, 11) is 0. The maximum atomic E-state index is 12.5. The molecule has 0 radical (unpaired) electrons. The standard InChI is InChI=1S/C48H80O18/c1-22(20-61-42-40(59)38(57)35(54)29(65-42)21-62-43-39(58)36(55)33(52)27(18-49)63-43)9-8-10-23(2)24-15-16-46(5)30-13-11-25-26(48(30,7)31(51)17-47(24,46)6)12-14-32(45(25,3)4)66-44-41(60)37(56)34(53)28(19-50)64-44/h9,11,23-24,26-44,49-60H,8,10,12-21H2,1-7H3. The van der Waals surface area contributed by atoms with Crippen molar-refractivity contribution in [2.24, 2.45) is 45.3 Å².